The number of thioether (sulfide) groups is 1. The van der Waals surface area contributed by atoms with Crippen molar-refractivity contribution in [1.82, 2.24) is 4.90 Å². The van der Waals surface area contributed by atoms with Gasteiger partial charge in [0, 0.05) is 43.0 Å². The Morgan fingerprint density at radius 2 is 2.13 bits per heavy atom. The van der Waals surface area contributed by atoms with Crippen LogP contribution in [0.5, 0.6) is 0 Å². The summed E-state index contributed by atoms with van der Waals surface area (Å²) in [4.78, 5) is 52.0. The number of rotatable bonds is 8. The molecule has 1 amide bonds. The summed E-state index contributed by atoms with van der Waals surface area (Å²) in [7, 11) is 0. The number of hydrogen-bond acceptors (Lipinski definition) is 8. The van der Waals surface area contributed by atoms with E-state index in [4.69, 9.17) is 4.74 Å². The topological polar surface area (TPSA) is 139 Å². The van der Waals surface area contributed by atoms with E-state index >= 15 is 0 Å². The first kappa shape index (κ1) is 22.2. The molecule has 1 saturated heterocycles. The van der Waals surface area contributed by atoms with Gasteiger partial charge in [-0.15, -0.1) is 18.3 Å². The minimum atomic E-state index is -1.28. The summed E-state index contributed by atoms with van der Waals surface area (Å²) >= 11 is 1.33. The third kappa shape index (κ3) is 4.08. The number of carbonyl (C=O) groups is 3. The Bertz CT molecular complexity index is 1020. The van der Waals surface area contributed by atoms with Crippen molar-refractivity contribution in [1.29, 1.82) is 0 Å². The highest BCUT2D eigenvalue weighted by atomic mass is 32.2. The molecular formula is C20H19N3O7S. The fourth-order valence-electron chi connectivity index (χ4n) is 3.42. The van der Waals surface area contributed by atoms with Crippen molar-refractivity contribution in [2.45, 2.75) is 24.3 Å². The van der Waals surface area contributed by atoms with Crippen LogP contribution in [0.15, 0.2) is 53.2 Å². The molecule has 1 aromatic rings. The Kier molecular flexibility index (Phi) is 6.25. The van der Waals surface area contributed by atoms with Crippen LogP contribution in [0.3, 0.4) is 0 Å². The number of non-ortho nitro benzene ring substituents is 1. The number of esters is 1. The Morgan fingerprint density at radius 1 is 1.45 bits per heavy atom. The van der Waals surface area contributed by atoms with E-state index in [1.165, 1.54) is 54.1 Å². The number of carboxylic acids is 1. The number of fused-ring (bicyclic) bond motifs is 1. The molecule has 2 heterocycles. The van der Waals surface area contributed by atoms with Gasteiger partial charge in [-0.2, -0.15) is 0 Å². The minimum Gasteiger partial charge on any atom is -0.477 e. The van der Waals surface area contributed by atoms with E-state index < -0.39 is 33.7 Å². The Hall–Kier alpha value is -3.47. The van der Waals surface area contributed by atoms with Gasteiger partial charge in [-0.3, -0.25) is 29.6 Å². The number of nitro benzene ring substituents is 1. The van der Waals surface area contributed by atoms with Crippen molar-refractivity contribution in [3.05, 3.63) is 63.9 Å². The zero-order valence-electron chi connectivity index (χ0n) is 16.5. The first-order valence-electron chi connectivity index (χ1n) is 9.16. The first-order valence-corrected chi connectivity index (χ1v) is 10.2. The SMILES string of the molecule is C=CCC1(N=Cc2ccc([N+](=O)[O-])cc2)C(=O)N2C(C(=O)O)=C(COC(C)=O)CS[C@@H]21. The average Bonchev–Trinajstić information content (AvgIpc) is 2.74. The molecule has 2 aliphatic rings. The molecule has 0 bridgehead atoms. The fraction of sp³-hybridized carbons (Fsp3) is 0.300. The molecule has 10 nitrogen and oxygen atoms in total. The van der Waals surface area contributed by atoms with Crippen LogP contribution in [0.25, 0.3) is 0 Å². The van der Waals surface area contributed by atoms with Gasteiger partial charge in [0.1, 0.15) is 17.7 Å². The highest BCUT2D eigenvalue weighted by Gasteiger charge is 2.64. The molecule has 0 aromatic heterocycles. The second-order valence-electron chi connectivity index (χ2n) is 6.90. The molecule has 3 rings (SSSR count). The van der Waals surface area contributed by atoms with E-state index in [2.05, 4.69) is 11.6 Å². The number of carboxylic acid groups (broad SMARTS) is 1. The smallest absolute Gasteiger partial charge is 0.352 e. The summed E-state index contributed by atoms with van der Waals surface area (Å²) in [5.41, 5.74) is -0.597. The molecule has 1 N–H and O–H groups in total. The minimum absolute atomic E-state index is 0.0665. The molecule has 0 saturated carbocycles. The highest BCUT2D eigenvalue weighted by molar-refractivity contribution is 8.00. The molecular weight excluding hydrogens is 426 g/mol. The normalized spacial score (nSPS) is 22.7. The second-order valence-corrected chi connectivity index (χ2v) is 7.97. The Labute approximate surface area is 181 Å². The lowest BCUT2D eigenvalue weighted by molar-refractivity contribution is -0.384. The summed E-state index contributed by atoms with van der Waals surface area (Å²) in [5.74, 6) is -2.07. The number of β-lactam (4-membered cyclic amide) rings is 1. The maximum Gasteiger partial charge on any atom is 0.352 e. The number of carbonyl (C=O) groups excluding carboxylic acids is 2. The molecule has 1 fully saturated rings. The largest absolute Gasteiger partial charge is 0.477 e. The number of amides is 1. The second kappa shape index (κ2) is 8.72. The van der Waals surface area contributed by atoms with Crippen LogP contribution in [0.2, 0.25) is 0 Å². The van der Waals surface area contributed by atoms with Gasteiger partial charge in [-0.05, 0) is 17.7 Å². The first-order chi connectivity index (χ1) is 14.7. The molecule has 11 heteroatoms. The fourth-order valence-corrected chi connectivity index (χ4v) is 4.89. The number of hydrogen-bond donors (Lipinski definition) is 1. The van der Waals surface area contributed by atoms with E-state index in [1.54, 1.807) is 6.08 Å². The van der Waals surface area contributed by atoms with Crippen LogP contribution in [0.4, 0.5) is 5.69 Å². The third-order valence-electron chi connectivity index (χ3n) is 4.88. The maximum absolute atomic E-state index is 13.1. The molecule has 0 spiro atoms. The van der Waals surface area contributed by atoms with E-state index in [1.807, 2.05) is 0 Å². The molecule has 0 aliphatic carbocycles. The van der Waals surface area contributed by atoms with Crippen LogP contribution in [-0.2, 0) is 19.1 Å². The van der Waals surface area contributed by atoms with E-state index in [0.29, 0.717) is 11.1 Å². The molecule has 162 valence electrons. The van der Waals surface area contributed by atoms with Gasteiger partial charge in [0.2, 0.25) is 0 Å². The van der Waals surface area contributed by atoms with Gasteiger partial charge >= 0.3 is 11.9 Å². The quantitative estimate of drug-likeness (QED) is 0.160. The lowest BCUT2D eigenvalue weighted by atomic mass is 9.83. The number of nitrogens with zero attached hydrogens (tertiary/aromatic N) is 3. The van der Waals surface area contributed by atoms with Gasteiger partial charge in [-0.25, -0.2) is 4.79 Å². The summed E-state index contributed by atoms with van der Waals surface area (Å²) in [6.07, 6.45) is 3.18. The zero-order chi connectivity index (χ0) is 22.8. The number of benzene rings is 1. The van der Waals surface area contributed by atoms with Gasteiger partial charge in [0.05, 0.1) is 4.92 Å². The summed E-state index contributed by atoms with van der Waals surface area (Å²) in [5, 5.41) is 19.9. The lowest BCUT2D eigenvalue weighted by Gasteiger charge is -2.55. The third-order valence-corrected chi connectivity index (χ3v) is 6.31. The van der Waals surface area contributed by atoms with Gasteiger partial charge in [0.15, 0.2) is 5.54 Å². The van der Waals surface area contributed by atoms with E-state index in [9.17, 15) is 29.6 Å². The molecule has 2 aliphatic heterocycles. The number of ether oxygens (including phenoxy) is 1. The Balaban J connectivity index is 1.91. The van der Waals surface area contributed by atoms with Crippen LogP contribution >= 0.6 is 11.8 Å². The molecule has 31 heavy (non-hydrogen) atoms. The van der Waals surface area contributed by atoms with Crippen molar-refractivity contribution in [3.63, 3.8) is 0 Å². The molecule has 1 aromatic carbocycles. The number of aliphatic imine (C=N–C) groups is 1. The van der Waals surface area contributed by atoms with Crippen molar-refractivity contribution in [2.75, 3.05) is 12.4 Å². The molecule has 2 atom stereocenters. The van der Waals surface area contributed by atoms with Crippen LogP contribution < -0.4 is 0 Å². The van der Waals surface area contributed by atoms with Crippen molar-refractivity contribution in [3.8, 4) is 0 Å². The monoisotopic (exact) mass is 445 g/mol. The predicted molar refractivity (Wildman–Crippen MR) is 113 cm³/mol. The molecule has 0 radical (unpaired) electrons. The average molecular weight is 445 g/mol. The van der Waals surface area contributed by atoms with Gasteiger partial charge in [0.25, 0.3) is 11.6 Å². The van der Waals surface area contributed by atoms with Crippen LogP contribution in [0, 0.1) is 10.1 Å². The zero-order valence-corrected chi connectivity index (χ0v) is 17.3. The highest BCUT2D eigenvalue weighted by Crippen LogP contribution is 2.50. The Morgan fingerprint density at radius 3 is 2.68 bits per heavy atom. The van der Waals surface area contributed by atoms with Crippen molar-refractivity contribution >= 4 is 41.5 Å². The predicted octanol–water partition coefficient (Wildman–Crippen LogP) is 2.15. The van der Waals surface area contributed by atoms with Crippen molar-refractivity contribution < 1.29 is 29.2 Å². The summed E-state index contributed by atoms with van der Waals surface area (Å²) < 4.78 is 4.93. The lowest BCUT2D eigenvalue weighted by Crippen LogP contribution is -2.72. The van der Waals surface area contributed by atoms with E-state index in [0.717, 1.165) is 0 Å². The standard InChI is InChI=1S/C20H19N3O7S/c1-3-8-20(21-9-13-4-6-15(7-5-13)23(28)29)18(27)22-16(17(25)26)14(10-30-12(2)24)11-31-19(20)22/h3-7,9,19H,1,8,10-11H2,2H3,(H,25,26)/t19-,20?/m1/s1. The van der Waals surface area contributed by atoms with Crippen LogP contribution in [-0.4, -0.2) is 62.3 Å². The maximum atomic E-state index is 13.1. The van der Waals surface area contributed by atoms with Crippen LogP contribution in [0.1, 0.15) is 18.9 Å². The van der Waals surface area contributed by atoms with Gasteiger partial charge < -0.3 is 9.84 Å². The van der Waals surface area contributed by atoms with E-state index in [-0.39, 0.29) is 30.2 Å². The number of aliphatic carboxylic acids is 1. The summed E-state index contributed by atoms with van der Waals surface area (Å²) in [6, 6.07) is 5.69. The molecule has 1 unspecified atom stereocenters. The van der Waals surface area contributed by atoms with Crippen molar-refractivity contribution in [2.24, 2.45) is 4.99 Å². The summed E-state index contributed by atoms with van der Waals surface area (Å²) in [6.45, 7) is 4.70. The number of nitro groups is 1. The van der Waals surface area contributed by atoms with Gasteiger partial charge in [-0.1, -0.05) is 6.08 Å².